The summed E-state index contributed by atoms with van der Waals surface area (Å²) >= 11 is 0. The van der Waals surface area contributed by atoms with E-state index in [2.05, 4.69) is 45.3 Å². The number of piperidine rings is 1. The Kier molecular flexibility index (Phi) is 14.7. The Labute approximate surface area is 254 Å². The van der Waals surface area contributed by atoms with Gasteiger partial charge in [-0.05, 0) is 36.0 Å². The molecule has 0 spiro atoms. The summed E-state index contributed by atoms with van der Waals surface area (Å²) in [5, 5.41) is 8.13. The Hall–Kier alpha value is -0.734. The van der Waals surface area contributed by atoms with Crippen LogP contribution in [0, 0.1) is 29.1 Å². The van der Waals surface area contributed by atoms with Crippen molar-refractivity contribution in [2.24, 2.45) is 34.8 Å². The van der Waals surface area contributed by atoms with Gasteiger partial charge in [0, 0.05) is 25.6 Å². The minimum Gasteiger partial charge on any atom is -0.654 e. The summed E-state index contributed by atoms with van der Waals surface area (Å²) in [6, 6.07) is -0.520. The van der Waals surface area contributed by atoms with Crippen LogP contribution in [-0.2, 0) is 19.2 Å². The zero-order chi connectivity index (χ0) is 27.1. The van der Waals surface area contributed by atoms with Gasteiger partial charge in [-0.1, -0.05) is 40.7 Å². The van der Waals surface area contributed by atoms with Crippen molar-refractivity contribution in [2.45, 2.75) is 59.7 Å². The van der Waals surface area contributed by atoms with E-state index in [0.29, 0.717) is 37.9 Å². The topological polar surface area (TPSA) is 136 Å². The molecule has 9 nitrogen and oxygen atoms in total. The minimum absolute atomic E-state index is 0. The van der Waals surface area contributed by atoms with Crippen molar-refractivity contribution >= 4 is 23.6 Å². The van der Waals surface area contributed by atoms with Crippen LogP contribution in [0.1, 0.15) is 47.5 Å². The smallest absolute Gasteiger partial charge is 0.654 e. The van der Waals surface area contributed by atoms with Gasteiger partial charge in [-0.2, -0.15) is 20.2 Å². The number of halogens is 3. The van der Waals surface area contributed by atoms with E-state index < -0.39 is 36.5 Å². The number of hydrogen-bond acceptors (Lipinski definition) is 4. The molecule has 1 aliphatic carbocycles. The van der Waals surface area contributed by atoms with E-state index in [0.717, 1.165) is 12.3 Å². The van der Waals surface area contributed by atoms with Crippen LogP contribution in [0.5, 0.6) is 0 Å². The summed E-state index contributed by atoms with van der Waals surface area (Å²) in [6.45, 7) is 12.0. The zero-order valence-electron chi connectivity index (χ0n) is 22.4. The van der Waals surface area contributed by atoms with Crippen LogP contribution >= 0.6 is 0 Å². The van der Waals surface area contributed by atoms with Crippen LogP contribution in [0.15, 0.2) is 0 Å². The van der Waals surface area contributed by atoms with Crippen LogP contribution in [0.4, 0.5) is 13.2 Å². The molecule has 0 bridgehead atoms. The van der Waals surface area contributed by atoms with Crippen molar-refractivity contribution in [3.63, 3.8) is 0 Å². The van der Waals surface area contributed by atoms with Gasteiger partial charge < -0.3 is 26.6 Å². The maximum absolute atomic E-state index is 11.9. The van der Waals surface area contributed by atoms with Gasteiger partial charge in [-0.15, -0.1) is 0 Å². The Balaban J connectivity index is 0.000000600. The number of nitrogens with two attached hydrogens (primary N) is 1. The number of amides is 4. The SMILES string of the molecule is CC(C)C.CC1(C)C2CN(C(=O)CNC(=O)C(F)(F)F)CC21.C[N-]C(CC1CCNC1=O)C(N)=O.[K+]. The first kappa shape index (κ1) is 35.3. The van der Waals surface area contributed by atoms with Gasteiger partial charge in [0.25, 0.3) is 0 Å². The van der Waals surface area contributed by atoms with Crippen molar-refractivity contribution in [3.05, 3.63) is 5.32 Å². The third-order valence-electron chi connectivity index (χ3n) is 6.44. The maximum Gasteiger partial charge on any atom is 1.00 e. The minimum atomic E-state index is -4.94. The molecule has 13 heteroatoms. The van der Waals surface area contributed by atoms with Crippen LogP contribution in [0.25, 0.3) is 5.32 Å². The number of carbonyl (C=O) groups excluding carboxylic acids is 4. The zero-order valence-corrected chi connectivity index (χ0v) is 25.5. The van der Waals surface area contributed by atoms with E-state index in [4.69, 9.17) is 5.73 Å². The molecule has 0 radical (unpaired) electrons. The van der Waals surface area contributed by atoms with E-state index in [1.54, 1.807) is 12.4 Å². The molecule has 36 heavy (non-hydrogen) atoms. The maximum atomic E-state index is 11.9. The molecule has 2 saturated heterocycles. The second-order valence-electron chi connectivity index (χ2n) is 10.4. The number of nitrogens with one attached hydrogen (secondary N) is 2. The average Bonchev–Trinajstić information content (AvgIpc) is 3.14. The fourth-order valence-electron chi connectivity index (χ4n) is 4.19. The molecule has 4 unspecified atom stereocenters. The van der Waals surface area contributed by atoms with Crippen molar-refractivity contribution < 1.29 is 83.7 Å². The van der Waals surface area contributed by atoms with Crippen LogP contribution < -0.4 is 67.8 Å². The predicted octanol–water partition coefficient (Wildman–Crippen LogP) is -1.18. The molecule has 3 rings (SSSR count). The Morgan fingerprint density at radius 3 is 2.06 bits per heavy atom. The number of fused-ring (bicyclic) bond motifs is 1. The molecular weight excluding hydrogens is 506 g/mol. The average molecular weight is 546 g/mol. The molecule has 0 aromatic carbocycles. The number of rotatable bonds is 6. The molecule has 4 amide bonds. The standard InChI is InChI=1S/C11H15F3N2O2.C8H14N3O2.C4H10.K/c1-10(2)6-4-16(5-7(6)10)8(17)3-15-9(18)11(12,13)14;1-10-6(7(9)12)4-5-2-3-11-8(5)13;1-4(2)3;/h6-7H,3-5H2,1-2H3,(H,15,18);5-6H,2-4H2,1H3,(H2,9,12)(H,11,13);4H,1-3H3;/q;-1;;+1. The number of carbonyl (C=O) groups is 4. The number of primary amides is 1. The summed E-state index contributed by atoms with van der Waals surface area (Å²) in [5.74, 6) is -1.34. The van der Waals surface area contributed by atoms with Crippen molar-refractivity contribution in [2.75, 3.05) is 33.2 Å². The van der Waals surface area contributed by atoms with Crippen LogP contribution in [0.2, 0.25) is 0 Å². The molecule has 4 atom stereocenters. The number of nitrogens with zero attached hydrogens (tertiary/aromatic N) is 2. The van der Waals surface area contributed by atoms with Gasteiger partial charge >= 0.3 is 63.5 Å². The quantitative estimate of drug-likeness (QED) is 0.362. The third-order valence-corrected chi connectivity index (χ3v) is 6.44. The fraction of sp³-hybridized carbons (Fsp3) is 0.826. The molecular formula is C23H39F3KN5O4. The van der Waals surface area contributed by atoms with Gasteiger partial charge in [0.2, 0.25) is 11.8 Å². The van der Waals surface area contributed by atoms with Crippen molar-refractivity contribution in [3.8, 4) is 0 Å². The molecule has 4 N–H and O–H groups in total. The monoisotopic (exact) mass is 545 g/mol. The number of likely N-dealkylation sites (N-methyl/N-ethyl adjacent to an activating group) is 1. The summed E-state index contributed by atoms with van der Waals surface area (Å²) in [6.07, 6.45) is -3.72. The number of alkyl halides is 3. The first-order valence-electron chi connectivity index (χ1n) is 11.8. The Morgan fingerprint density at radius 2 is 1.69 bits per heavy atom. The molecule has 0 aromatic rings. The van der Waals surface area contributed by atoms with Gasteiger partial charge in [-0.3, -0.25) is 19.2 Å². The fourth-order valence-corrected chi connectivity index (χ4v) is 4.19. The van der Waals surface area contributed by atoms with E-state index in [-0.39, 0.29) is 68.6 Å². The van der Waals surface area contributed by atoms with Crippen molar-refractivity contribution in [1.29, 1.82) is 0 Å². The van der Waals surface area contributed by atoms with E-state index >= 15 is 0 Å². The first-order valence-corrected chi connectivity index (χ1v) is 11.8. The first-order chi connectivity index (χ1) is 16.0. The third kappa shape index (κ3) is 10.9. The number of hydrogen-bond donors (Lipinski definition) is 3. The van der Waals surface area contributed by atoms with Gasteiger partial charge in [0.15, 0.2) is 5.91 Å². The summed E-state index contributed by atoms with van der Waals surface area (Å²) < 4.78 is 35.7. The second kappa shape index (κ2) is 15.0. The summed E-state index contributed by atoms with van der Waals surface area (Å²) in [7, 11) is 1.54. The Morgan fingerprint density at radius 1 is 1.19 bits per heavy atom. The molecule has 202 valence electrons. The molecule has 3 aliphatic rings. The molecule has 3 fully saturated rings. The largest absolute Gasteiger partial charge is 1.00 e. The summed E-state index contributed by atoms with van der Waals surface area (Å²) in [4.78, 5) is 45.6. The molecule has 1 saturated carbocycles. The van der Waals surface area contributed by atoms with E-state index in [1.165, 1.54) is 4.90 Å². The van der Waals surface area contributed by atoms with Crippen LogP contribution in [0.3, 0.4) is 0 Å². The van der Waals surface area contributed by atoms with Crippen LogP contribution in [-0.4, -0.2) is 74.0 Å². The molecule has 0 aromatic heterocycles. The van der Waals surface area contributed by atoms with Crippen molar-refractivity contribution in [1.82, 2.24) is 15.5 Å². The normalized spacial score (nSPS) is 24.1. The second-order valence-corrected chi connectivity index (χ2v) is 10.4. The molecule has 2 heterocycles. The van der Waals surface area contributed by atoms with Gasteiger partial charge in [0.05, 0.1) is 6.54 Å². The van der Waals surface area contributed by atoms with E-state index in [9.17, 15) is 32.3 Å². The predicted molar refractivity (Wildman–Crippen MR) is 125 cm³/mol. The summed E-state index contributed by atoms with van der Waals surface area (Å²) in [5.41, 5.74) is 5.35. The number of likely N-dealkylation sites (tertiary alicyclic amines) is 1. The van der Waals surface area contributed by atoms with Gasteiger partial charge in [0.1, 0.15) is 0 Å². The Bertz CT molecular complexity index is 763. The van der Waals surface area contributed by atoms with E-state index in [1.807, 2.05) is 0 Å². The van der Waals surface area contributed by atoms with Gasteiger partial charge in [-0.25, -0.2) is 0 Å². The molecule has 2 aliphatic heterocycles.